The molecule has 0 aliphatic heterocycles. The van der Waals surface area contributed by atoms with Crippen LogP contribution in [-0.2, 0) is 18.3 Å². The number of ketones is 1. The lowest BCUT2D eigenvalue weighted by molar-refractivity contribution is -0.120. The van der Waals surface area contributed by atoms with E-state index in [1.165, 1.54) is 0 Å². The molecule has 1 unspecified atom stereocenters. The van der Waals surface area contributed by atoms with Crippen LogP contribution in [0.4, 0.5) is 0 Å². The lowest BCUT2D eigenvalue weighted by atomic mass is 10.0. The first-order valence-electron chi connectivity index (χ1n) is 4.89. The van der Waals surface area contributed by atoms with E-state index < -0.39 is 0 Å². The van der Waals surface area contributed by atoms with Gasteiger partial charge in [-0.1, -0.05) is 6.92 Å². The van der Waals surface area contributed by atoms with Crippen LogP contribution >= 0.6 is 0 Å². The van der Waals surface area contributed by atoms with Gasteiger partial charge in [0, 0.05) is 19.7 Å². The second-order valence-electron chi connectivity index (χ2n) is 3.50. The zero-order chi connectivity index (χ0) is 10.6. The van der Waals surface area contributed by atoms with Crippen LogP contribution in [0.5, 0.6) is 0 Å². The molecule has 1 aromatic heterocycles. The van der Waals surface area contributed by atoms with Gasteiger partial charge in [-0.05, 0) is 18.4 Å². The molecule has 2 N–H and O–H groups in total. The summed E-state index contributed by atoms with van der Waals surface area (Å²) in [6.07, 6.45) is 5.67. The minimum Gasteiger partial charge on any atom is -0.322 e. The predicted molar refractivity (Wildman–Crippen MR) is 54.8 cm³/mol. The first kappa shape index (κ1) is 10.9. The van der Waals surface area contributed by atoms with Crippen molar-refractivity contribution in [3.8, 4) is 0 Å². The molecule has 0 amide bonds. The van der Waals surface area contributed by atoms with Crippen molar-refractivity contribution in [2.45, 2.75) is 32.2 Å². The Kier molecular flexibility index (Phi) is 3.83. The summed E-state index contributed by atoms with van der Waals surface area (Å²) in [7, 11) is 1.86. The average Bonchev–Trinajstić information content (AvgIpc) is 2.59. The maximum atomic E-state index is 11.4. The molecular weight excluding hydrogens is 178 g/mol. The Morgan fingerprint density at radius 2 is 2.43 bits per heavy atom. The molecule has 4 nitrogen and oxygen atoms in total. The third kappa shape index (κ3) is 2.96. The molecule has 1 rings (SSSR count). The van der Waals surface area contributed by atoms with Crippen molar-refractivity contribution in [2.24, 2.45) is 12.8 Å². The third-order valence-corrected chi connectivity index (χ3v) is 2.27. The highest BCUT2D eigenvalue weighted by Crippen LogP contribution is 2.03. The van der Waals surface area contributed by atoms with Crippen LogP contribution in [0.3, 0.4) is 0 Å². The van der Waals surface area contributed by atoms with Gasteiger partial charge in [-0.25, -0.2) is 0 Å². The van der Waals surface area contributed by atoms with Crippen LogP contribution in [0.15, 0.2) is 12.4 Å². The smallest absolute Gasteiger partial charge is 0.149 e. The number of rotatable bonds is 5. The molecule has 1 aromatic rings. The Hall–Kier alpha value is -1.16. The van der Waals surface area contributed by atoms with Crippen LogP contribution in [0.1, 0.15) is 25.3 Å². The lowest BCUT2D eigenvalue weighted by Crippen LogP contribution is -2.29. The van der Waals surface area contributed by atoms with Gasteiger partial charge < -0.3 is 5.73 Å². The Labute approximate surface area is 84.1 Å². The molecule has 1 atom stereocenters. The Morgan fingerprint density at radius 1 is 1.71 bits per heavy atom. The van der Waals surface area contributed by atoms with Gasteiger partial charge in [-0.15, -0.1) is 0 Å². The second-order valence-corrected chi connectivity index (χ2v) is 3.50. The number of hydrogen-bond donors (Lipinski definition) is 1. The number of carbonyl (C=O) groups excluding carboxylic acids is 1. The minimum absolute atomic E-state index is 0.136. The Balaban J connectivity index is 2.37. The molecule has 0 radical (unpaired) electrons. The molecule has 0 fully saturated rings. The van der Waals surface area contributed by atoms with Crippen molar-refractivity contribution < 1.29 is 4.79 Å². The van der Waals surface area contributed by atoms with Gasteiger partial charge in [0.15, 0.2) is 0 Å². The van der Waals surface area contributed by atoms with E-state index in [0.29, 0.717) is 12.8 Å². The normalized spacial score (nSPS) is 12.8. The fourth-order valence-electron chi connectivity index (χ4n) is 1.28. The van der Waals surface area contributed by atoms with Gasteiger partial charge in [0.2, 0.25) is 0 Å². The first-order valence-corrected chi connectivity index (χ1v) is 4.89. The summed E-state index contributed by atoms with van der Waals surface area (Å²) in [5.41, 5.74) is 6.70. The first-order chi connectivity index (χ1) is 6.63. The van der Waals surface area contributed by atoms with Crippen LogP contribution in [0, 0.1) is 0 Å². The zero-order valence-electron chi connectivity index (χ0n) is 8.73. The van der Waals surface area contributed by atoms with Crippen molar-refractivity contribution in [3.05, 3.63) is 18.0 Å². The molecule has 0 saturated heterocycles. The standard InChI is InChI=1S/C10H17N3O/c1-3-9(11)10(14)5-4-8-6-12-13(2)7-8/h6-7,9H,3-5,11H2,1-2H3. The fraction of sp³-hybridized carbons (Fsp3) is 0.600. The highest BCUT2D eigenvalue weighted by molar-refractivity contribution is 5.83. The minimum atomic E-state index is -0.299. The number of hydrogen-bond acceptors (Lipinski definition) is 3. The van der Waals surface area contributed by atoms with Crippen molar-refractivity contribution in [2.75, 3.05) is 0 Å². The summed E-state index contributed by atoms with van der Waals surface area (Å²) in [6, 6.07) is -0.299. The molecule has 0 aromatic carbocycles. The number of nitrogens with two attached hydrogens (primary N) is 1. The number of Topliss-reactive ketones (excluding diaryl/α,β-unsaturated/α-hetero) is 1. The SMILES string of the molecule is CCC(N)C(=O)CCc1cnn(C)c1. The van der Waals surface area contributed by atoms with Gasteiger partial charge in [0.1, 0.15) is 5.78 Å². The van der Waals surface area contributed by atoms with E-state index in [9.17, 15) is 4.79 Å². The van der Waals surface area contributed by atoms with Gasteiger partial charge >= 0.3 is 0 Å². The van der Waals surface area contributed by atoms with Crippen molar-refractivity contribution in [1.29, 1.82) is 0 Å². The van der Waals surface area contributed by atoms with E-state index in [2.05, 4.69) is 5.10 Å². The Bertz CT molecular complexity index is 306. The zero-order valence-corrected chi connectivity index (χ0v) is 8.73. The molecule has 1 heterocycles. The summed E-state index contributed by atoms with van der Waals surface area (Å²) < 4.78 is 1.74. The average molecular weight is 195 g/mol. The van der Waals surface area contributed by atoms with E-state index in [1.54, 1.807) is 10.9 Å². The number of nitrogens with zero attached hydrogens (tertiary/aromatic N) is 2. The molecule has 14 heavy (non-hydrogen) atoms. The fourth-order valence-corrected chi connectivity index (χ4v) is 1.28. The quantitative estimate of drug-likeness (QED) is 0.750. The molecule has 0 saturated carbocycles. The third-order valence-electron chi connectivity index (χ3n) is 2.27. The number of aryl methyl sites for hydroxylation is 2. The molecule has 0 bridgehead atoms. The molecule has 78 valence electrons. The van der Waals surface area contributed by atoms with Gasteiger partial charge in [0.25, 0.3) is 0 Å². The lowest BCUT2D eigenvalue weighted by Gasteiger charge is -2.05. The van der Waals surface area contributed by atoms with Gasteiger partial charge in [-0.3, -0.25) is 9.48 Å². The van der Waals surface area contributed by atoms with Crippen molar-refractivity contribution in [1.82, 2.24) is 9.78 Å². The summed E-state index contributed by atoms with van der Waals surface area (Å²) in [5, 5.41) is 4.03. The van der Waals surface area contributed by atoms with Gasteiger partial charge in [-0.2, -0.15) is 5.10 Å². The number of carbonyl (C=O) groups is 1. The van der Waals surface area contributed by atoms with Crippen molar-refractivity contribution in [3.63, 3.8) is 0 Å². The Morgan fingerprint density at radius 3 is 2.93 bits per heavy atom. The van der Waals surface area contributed by atoms with Crippen molar-refractivity contribution >= 4 is 5.78 Å². The van der Waals surface area contributed by atoms with E-state index in [-0.39, 0.29) is 11.8 Å². The molecule has 4 heteroatoms. The van der Waals surface area contributed by atoms with Crippen LogP contribution < -0.4 is 5.73 Å². The molecule has 0 spiro atoms. The summed E-state index contributed by atoms with van der Waals surface area (Å²) in [6.45, 7) is 1.92. The van der Waals surface area contributed by atoms with E-state index >= 15 is 0 Å². The highest BCUT2D eigenvalue weighted by atomic mass is 16.1. The summed E-state index contributed by atoms with van der Waals surface area (Å²) in [4.78, 5) is 11.4. The van der Waals surface area contributed by atoms with E-state index in [0.717, 1.165) is 12.0 Å². The van der Waals surface area contributed by atoms with Crippen LogP contribution in [0.2, 0.25) is 0 Å². The summed E-state index contributed by atoms with van der Waals surface area (Å²) in [5.74, 6) is 0.136. The van der Waals surface area contributed by atoms with Gasteiger partial charge in [0.05, 0.1) is 12.2 Å². The van der Waals surface area contributed by atoms with E-state index in [4.69, 9.17) is 5.73 Å². The maximum Gasteiger partial charge on any atom is 0.149 e. The van der Waals surface area contributed by atoms with E-state index in [1.807, 2.05) is 20.2 Å². The van der Waals surface area contributed by atoms with Crippen LogP contribution in [-0.4, -0.2) is 21.6 Å². The topological polar surface area (TPSA) is 60.9 Å². The largest absolute Gasteiger partial charge is 0.322 e. The number of aromatic nitrogens is 2. The maximum absolute atomic E-state index is 11.4. The summed E-state index contributed by atoms with van der Waals surface area (Å²) >= 11 is 0. The highest BCUT2D eigenvalue weighted by Gasteiger charge is 2.10. The predicted octanol–water partition coefficient (Wildman–Crippen LogP) is 0.659. The molecular formula is C10H17N3O. The molecule has 0 aliphatic carbocycles. The second kappa shape index (κ2) is 4.91. The van der Waals surface area contributed by atoms with Crippen LogP contribution in [0.25, 0.3) is 0 Å². The monoisotopic (exact) mass is 195 g/mol. The molecule has 0 aliphatic rings.